The summed E-state index contributed by atoms with van der Waals surface area (Å²) in [5.74, 6) is -2.19. The average molecular weight is 301 g/mol. The van der Waals surface area contributed by atoms with Crippen molar-refractivity contribution in [2.75, 3.05) is 0 Å². The molecule has 116 valence electrons. The summed E-state index contributed by atoms with van der Waals surface area (Å²) in [6.07, 6.45) is -1.03. The molecule has 1 amide bonds. The van der Waals surface area contributed by atoms with Crippen LogP contribution >= 0.6 is 0 Å². The number of ether oxygens (including phenoxy) is 1. The highest BCUT2D eigenvalue weighted by molar-refractivity contribution is 5.81. The lowest BCUT2D eigenvalue weighted by atomic mass is 10.1. The van der Waals surface area contributed by atoms with E-state index in [-0.39, 0.29) is 36.8 Å². The van der Waals surface area contributed by atoms with E-state index in [4.69, 9.17) is 9.84 Å². The molecule has 1 atom stereocenters. The molecule has 0 radical (unpaired) electrons. The van der Waals surface area contributed by atoms with E-state index < -0.39 is 23.9 Å². The first-order valence-corrected chi connectivity index (χ1v) is 6.04. The molecule has 1 aromatic rings. The first-order valence-electron chi connectivity index (χ1n) is 6.04. The third-order valence-electron chi connectivity index (χ3n) is 2.55. The van der Waals surface area contributed by atoms with Gasteiger partial charge in [0.05, 0.1) is 0 Å². The predicted molar refractivity (Wildman–Crippen MR) is 66.6 cm³/mol. The number of hydrogen-bond donors (Lipinski definition) is 2. The van der Waals surface area contributed by atoms with E-state index in [1.165, 1.54) is 13.8 Å². The van der Waals surface area contributed by atoms with Crippen molar-refractivity contribution in [3.05, 3.63) is 22.1 Å². The molecule has 0 bridgehead atoms. The van der Waals surface area contributed by atoms with Gasteiger partial charge in [-0.25, -0.2) is 14.4 Å². The van der Waals surface area contributed by atoms with Gasteiger partial charge in [0.2, 0.25) is 0 Å². The number of hydrogen-bond acceptors (Lipinski definition) is 7. The molecule has 9 nitrogen and oxygen atoms in total. The standard InChI is InChI=1S/C12H15NO8/c1-6(14)3-4-8(10(15)16)13-11(17)19-5-9-7(2)20-12(18)21-9/h8H,3-5H2,1-2H3,(H,13,17)(H,15,16)/t8-/m0/s1. The molecule has 0 saturated carbocycles. The van der Waals surface area contributed by atoms with Crippen molar-refractivity contribution in [2.24, 2.45) is 0 Å². The number of carboxylic acids is 1. The third-order valence-corrected chi connectivity index (χ3v) is 2.55. The first-order chi connectivity index (χ1) is 9.79. The lowest BCUT2D eigenvalue weighted by Crippen LogP contribution is -2.41. The molecule has 0 unspecified atom stereocenters. The molecule has 1 rings (SSSR count). The molecule has 0 saturated heterocycles. The normalized spacial score (nSPS) is 11.7. The number of alkyl carbamates (subject to hydrolysis) is 1. The highest BCUT2D eigenvalue weighted by Crippen LogP contribution is 2.07. The van der Waals surface area contributed by atoms with Gasteiger partial charge in [0.1, 0.15) is 11.8 Å². The van der Waals surface area contributed by atoms with Crippen LogP contribution in [0.2, 0.25) is 0 Å². The van der Waals surface area contributed by atoms with E-state index in [0.29, 0.717) is 0 Å². The van der Waals surface area contributed by atoms with Gasteiger partial charge in [-0.1, -0.05) is 0 Å². The Kier molecular flexibility index (Phi) is 5.70. The molecular formula is C12H15NO8. The van der Waals surface area contributed by atoms with Crippen molar-refractivity contribution >= 4 is 17.8 Å². The van der Waals surface area contributed by atoms with E-state index in [1.54, 1.807) is 0 Å². The summed E-state index contributed by atoms with van der Waals surface area (Å²) in [6, 6.07) is -1.24. The molecule has 0 aliphatic heterocycles. The monoisotopic (exact) mass is 301 g/mol. The number of amides is 1. The maximum Gasteiger partial charge on any atom is 0.519 e. The smallest absolute Gasteiger partial charge is 0.480 e. The largest absolute Gasteiger partial charge is 0.519 e. The van der Waals surface area contributed by atoms with Gasteiger partial charge in [-0.15, -0.1) is 0 Å². The molecule has 21 heavy (non-hydrogen) atoms. The van der Waals surface area contributed by atoms with Gasteiger partial charge in [-0.05, 0) is 20.3 Å². The van der Waals surface area contributed by atoms with Gasteiger partial charge in [-0.2, -0.15) is 0 Å². The Bertz CT molecular complexity index is 584. The highest BCUT2D eigenvalue weighted by atomic mass is 16.6. The van der Waals surface area contributed by atoms with Crippen LogP contribution in [0.4, 0.5) is 4.79 Å². The fourth-order valence-electron chi connectivity index (χ4n) is 1.43. The Labute approximate surface area is 118 Å². The number of aryl methyl sites for hydroxylation is 1. The van der Waals surface area contributed by atoms with Crippen molar-refractivity contribution in [1.29, 1.82) is 0 Å². The van der Waals surface area contributed by atoms with E-state index in [2.05, 4.69) is 14.2 Å². The van der Waals surface area contributed by atoms with Crippen LogP contribution in [0.1, 0.15) is 31.3 Å². The molecule has 0 aliphatic rings. The number of aliphatic carboxylic acids is 1. The maximum absolute atomic E-state index is 11.5. The van der Waals surface area contributed by atoms with E-state index in [0.717, 1.165) is 0 Å². The predicted octanol–water partition coefficient (Wildman–Crippen LogP) is 0.590. The van der Waals surface area contributed by atoms with Crippen LogP contribution in [-0.2, 0) is 20.9 Å². The number of ketones is 1. The Morgan fingerprint density at radius 1 is 1.33 bits per heavy atom. The van der Waals surface area contributed by atoms with Crippen LogP contribution in [0.25, 0.3) is 0 Å². The molecule has 2 N–H and O–H groups in total. The number of carboxylic acid groups (broad SMARTS) is 1. The van der Waals surface area contributed by atoms with Crippen molar-refractivity contribution < 1.29 is 33.1 Å². The van der Waals surface area contributed by atoms with Crippen LogP contribution in [0.15, 0.2) is 13.6 Å². The fourth-order valence-corrected chi connectivity index (χ4v) is 1.43. The van der Waals surface area contributed by atoms with Crippen LogP contribution in [-0.4, -0.2) is 29.0 Å². The topological polar surface area (TPSA) is 136 Å². The van der Waals surface area contributed by atoms with Gasteiger partial charge in [0.25, 0.3) is 0 Å². The molecule has 0 spiro atoms. The second kappa shape index (κ2) is 7.27. The number of carbonyl (C=O) groups excluding carboxylic acids is 2. The van der Waals surface area contributed by atoms with Crippen LogP contribution in [0.5, 0.6) is 0 Å². The van der Waals surface area contributed by atoms with Gasteiger partial charge in [0, 0.05) is 6.42 Å². The summed E-state index contributed by atoms with van der Waals surface area (Å²) in [5.41, 5.74) is 0. The molecule has 0 aromatic carbocycles. The SMILES string of the molecule is CC(=O)CC[C@H](NC(=O)OCc1oc(=O)oc1C)C(=O)O. The summed E-state index contributed by atoms with van der Waals surface area (Å²) < 4.78 is 13.9. The summed E-state index contributed by atoms with van der Waals surface area (Å²) >= 11 is 0. The average Bonchev–Trinajstić information content (AvgIpc) is 2.69. The Morgan fingerprint density at radius 3 is 2.48 bits per heavy atom. The van der Waals surface area contributed by atoms with Gasteiger partial charge >= 0.3 is 17.9 Å². The van der Waals surface area contributed by atoms with Gasteiger partial charge in [0.15, 0.2) is 18.1 Å². The zero-order valence-electron chi connectivity index (χ0n) is 11.5. The minimum Gasteiger partial charge on any atom is -0.480 e. The van der Waals surface area contributed by atoms with Gasteiger partial charge < -0.3 is 28.8 Å². The number of carbonyl (C=O) groups is 3. The minimum absolute atomic E-state index is 0.0208. The Hall–Kier alpha value is -2.58. The quantitative estimate of drug-likeness (QED) is 0.746. The lowest BCUT2D eigenvalue weighted by molar-refractivity contribution is -0.139. The van der Waals surface area contributed by atoms with Crippen molar-refractivity contribution in [2.45, 2.75) is 39.3 Å². The zero-order valence-corrected chi connectivity index (χ0v) is 11.5. The van der Waals surface area contributed by atoms with E-state index >= 15 is 0 Å². The number of rotatable bonds is 7. The highest BCUT2D eigenvalue weighted by Gasteiger charge is 2.21. The van der Waals surface area contributed by atoms with Crippen molar-refractivity contribution in [3.63, 3.8) is 0 Å². The van der Waals surface area contributed by atoms with E-state index in [9.17, 15) is 19.2 Å². The van der Waals surface area contributed by atoms with Crippen LogP contribution in [0, 0.1) is 6.92 Å². The van der Waals surface area contributed by atoms with Crippen LogP contribution in [0.3, 0.4) is 0 Å². The minimum atomic E-state index is -1.28. The summed E-state index contributed by atoms with van der Waals surface area (Å²) in [6.45, 7) is 2.40. The molecule has 0 aliphatic carbocycles. The third kappa shape index (κ3) is 5.51. The molecule has 0 fully saturated rings. The first kappa shape index (κ1) is 16.5. The van der Waals surface area contributed by atoms with Crippen molar-refractivity contribution in [1.82, 2.24) is 5.32 Å². The molecule has 1 aromatic heterocycles. The molecule has 1 heterocycles. The second-order valence-electron chi connectivity index (χ2n) is 4.29. The molecular weight excluding hydrogens is 286 g/mol. The Balaban J connectivity index is 2.50. The summed E-state index contributed by atoms with van der Waals surface area (Å²) in [5, 5.41) is 11.0. The lowest BCUT2D eigenvalue weighted by Gasteiger charge is -2.13. The van der Waals surface area contributed by atoms with Crippen molar-refractivity contribution in [3.8, 4) is 0 Å². The maximum atomic E-state index is 11.5. The molecule has 9 heteroatoms. The second-order valence-corrected chi connectivity index (χ2v) is 4.29. The van der Waals surface area contributed by atoms with E-state index in [1.807, 2.05) is 0 Å². The van der Waals surface area contributed by atoms with Crippen LogP contribution < -0.4 is 11.1 Å². The number of nitrogens with one attached hydrogen (secondary N) is 1. The summed E-state index contributed by atoms with van der Waals surface area (Å²) in [4.78, 5) is 44.0. The van der Waals surface area contributed by atoms with Gasteiger partial charge in [-0.3, -0.25) is 0 Å². The Morgan fingerprint density at radius 2 is 2.00 bits per heavy atom. The fraction of sp³-hybridized carbons (Fsp3) is 0.500. The zero-order chi connectivity index (χ0) is 16.0. The number of Topliss-reactive ketones (excluding diaryl/α,β-unsaturated/α-hetero) is 1. The summed E-state index contributed by atoms with van der Waals surface area (Å²) in [7, 11) is 0.